The van der Waals surface area contributed by atoms with Gasteiger partial charge >= 0.3 is 0 Å². The predicted octanol–water partition coefficient (Wildman–Crippen LogP) is 0.350. The van der Waals surface area contributed by atoms with E-state index in [-0.39, 0.29) is 16.1 Å². The third kappa shape index (κ3) is 2.26. The molecule has 5 nitrogen and oxygen atoms in total. The lowest BCUT2D eigenvalue weighted by atomic mass is 10.1. The van der Waals surface area contributed by atoms with Crippen molar-refractivity contribution in [1.82, 2.24) is 0 Å². The molecule has 15 heavy (non-hydrogen) atoms. The molecule has 1 aromatic carbocycles. The molecule has 0 aliphatic carbocycles. The van der Waals surface area contributed by atoms with Crippen molar-refractivity contribution in [3.8, 4) is 6.07 Å². The molecule has 1 rings (SSSR count). The first-order chi connectivity index (χ1) is 6.90. The summed E-state index contributed by atoms with van der Waals surface area (Å²) < 4.78 is 22.4. The average Bonchev–Trinajstić information content (AvgIpc) is 2.16. The fourth-order valence-corrected chi connectivity index (χ4v) is 2.01. The zero-order valence-corrected chi connectivity index (χ0v) is 9.00. The normalized spacial score (nSPS) is 11.0. The van der Waals surface area contributed by atoms with Gasteiger partial charge in [0.05, 0.1) is 17.3 Å². The summed E-state index contributed by atoms with van der Waals surface area (Å²) in [5.74, 6) is 0. The highest BCUT2D eigenvalue weighted by Gasteiger charge is 2.16. The Balaban J connectivity index is 3.60. The molecule has 0 bridgehead atoms. The number of hydrogen-bond donors (Lipinski definition) is 2. The number of nitrogens with two attached hydrogens (primary N) is 2. The van der Waals surface area contributed by atoms with E-state index in [1.807, 2.05) is 13.0 Å². The van der Waals surface area contributed by atoms with Crippen LogP contribution in [0.4, 0.5) is 5.69 Å². The lowest BCUT2D eigenvalue weighted by molar-refractivity contribution is 0.598. The molecule has 0 saturated carbocycles. The maximum Gasteiger partial charge on any atom is 0.240 e. The molecule has 6 heteroatoms. The Morgan fingerprint density at radius 3 is 2.47 bits per heavy atom. The van der Waals surface area contributed by atoms with Crippen molar-refractivity contribution in [2.24, 2.45) is 5.14 Å². The summed E-state index contributed by atoms with van der Waals surface area (Å²) in [5, 5.41) is 13.7. The number of anilines is 1. The number of nitrogen functional groups attached to an aromatic ring is 1. The van der Waals surface area contributed by atoms with Crippen LogP contribution in [0, 0.1) is 11.3 Å². The van der Waals surface area contributed by atoms with Gasteiger partial charge in [0.15, 0.2) is 0 Å². The number of nitrogens with zero attached hydrogens (tertiary/aromatic N) is 1. The molecule has 0 saturated heterocycles. The zero-order chi connectivity index (χ0) is 11.6. The Morgan fingerprint density at radius 2 is 2.07 bits per heavy atom. The van der Waals surface area contributed by atoms with Crippen LogP contribution < -0.4 is 10.9 Å². The first kappa shape index (κ1) is 11.5. The van der Waals surface area contributed by atoms with Crippen LogP contribution in [0.2, 0.25) is 0 Å². The van der Waals surface area contributed by atoms with Crippen LogP contribution >= 0.6 is 0 Å². The average molecular weight is 225 g/mol. The van der Waals surface area contributed by atoms with Gasteiger partial charge in [0.2, 0.25) is 10.0 Å². The standard InChI is InChI=1S/C9H11N3O2S/c1-2-7-3-6(5-10)4-8(9(7)11)15(12,13)14/h3-4H,2,11H2,1H3,(H2,12,13,14). The molecular formula is C9H11N3O2S. The highest BCUT2D eigenvalue weighted by Crippen LogP contribution is 2.23. The van der Waals surface area contributed by atoms with E-state index in [9.17, 15) is 8.42 Å². The van der Waals surface area contributed by atoms with E-state index >= 15 is 0 Å². The van der Waals surface area contributed by atoms with Crippen molar-refractivity contribution in [1.29, 1.82) is 5.26 Å². The fraction of sp³-hybridized carbons (Fsp3) is 0.222. The number of nitriles is 1. The first-order valence-corrected chi connectivity index (χ1v) is 5.80. The Kier molecular flexibility index (Phi) is 2.98. The van der Waals surface area contributed by atoms with E-state index in [1.54, 1.807) is 6.07 Å². The van der Waals surface area contributed by atoms with Gasteiger partial charge in [-0.15, -0.1) is 0 Å². The van der Waals surface area contributed by atoms with E-state index in [2.05, 4.69) is 0 Å². The third-order valence-corrected chi connectivity index (χ3v) is 3.00. The molecule has 0 radical (unpaired) electrons. The SMILES string of the molecule is CCc1cc(C#N)cc(S(N)(=O)=O)c1N. The van der Waals surface area contributed by atoms with Crippen molar-refractivity contribution in [2.75, 3.05) is 5.73 Å². The summed E-state index contributed by atoms with van der Waals surface area (Å²) in [6.45, 7) is 1.82. The van der Waals surface area contributed by atoms with Crippen molar-refractivity contribution in [2.45, 2.75) is 18.2 Å². The maximum absolute atomic E-state index is 11.2. The molecule has 80 valence electrons. The molecule has 0 heterocycles. The molecular weight excluding hydrogens is 214 g/mol. The number of aryl methyl sites for hydroxylation is 1. The monoisotopic (exact) mass is 225 g/mol. The molecule has 0 unspecified atom stereocenters. The maximum atomic E-state index is 11.2. The Bertz CT molecular complexity index is 529. The molecule has 4 N–H and O–H groups in total. The summed E-state index contributed by atoms with van der Waals surface area (Å²) in [6.07, 6.45) is 0.546. The number of benzene rings is 1. The second-order valence-corrected chi connectivity index (χ2v) is 4.59. The number of primary sulfonamides is 1. The molecule has 0 amide bonds. The van der Waals surface area contributed by atoms with Crippen LogP contribution in [0.1, 0.15) is 18.1 Å². The third-order valence-electron chi connectivity index (χ3n) is 2.04. The predicted molar refractivity (Wildman–Crippen MR) is 56.3 cm³/mol. The van der Waals surface area contributed by atoms with Gasteiger partial charge < -0.3 is 5.73 Å². The summed E-state index contributed by atoms with van der Waals surface area (Å²) in [7, 11) is -3.87. The topological polar surface area (TPSA) is 110 Å². The van der Waals surface area contributed by atoms with Crippen LogP contribution in [-0.2, 0) is 16.4 Å². The zero-order valence-electron chi connectivity index (χ0n) is 8.19. The van der Waals surface area contributed by atoms with Gasteiger partial charge in [-0.3, -0.25) is 0 Å². The molecule has 0 fully saturated rings. The Hall–Kier alpha value is -1.58. The molecule has 0 atom stereocenters. The van der Waals surface area contributed by atoms with E-state index in [0.29, 0.717) is 12.0 Å². The van der Waals surface area contributed by atoms with Gasteiger partial charge in [0.25, 0.3) is 0 Å². The summed E-state index contributed by atoms with van der Waals surface area (Å²) in [5.41, 5.74) is 6.61. The van der Waals surface area contributed by atoms with Gasteiger partial charge in [-0.1, -0.05) is 6.92 Å². The van der Waals surface area contributed by atoms with Crippen molar-refractivity contribution in [3.63, 3.8) is 0 Å². The first-order valence-electron chi connectivity index (χ1n) is 4.25. The molecule has 0 aliphatic rings. The lowest BCUT2D eigenvalue weighted by Crippen LogP contribution is -2.15. The van der Waals surface area contributed by atoms with E-state index < -0.39 is 10.0 Å². The van der Waals surface area contributed by atoms with Gasteiger partial charge in [-0.05, 0) is 24.1 Å². The van der Waals surface area contributed by atoms with Crippen LogP contribution in [0.3, 0.4) is 0 Å². The molecule has 0 spiro atoms. The molecule has 0 aliphatic heterocycles. The highest BCUT2D eigenvalue weighted by atomic mass is 32.2. The summed E-state index contributed by atoms with van der Waals surface area (Å²) >= 11 is 0. The highest BCUT2D eigenvalue weighted by molar-refractivity contribution is 7.89. The van der Waals surface area contributed by atoms with Gasteiger partial charge in [0, 0.05) is 0 Å². The molecule has 1 aromatic rings. The van der Waals surface area contributed by atoms with Gasteiger partial charge in [-0.25, -0.2) is 13.6 Å². The number of sulfonamides is 1. The Morgan fingerprint density at radius 1 is 1.47 bits per heavy atom. The largest absolute Gasteiger partial charge is 0.397 e. The van der Waals surface area contributed by atoms with Crippen molar-refractivity contribution < 1.29 is 8.42 Å². The van der Waals surface area contributed by atoms with Crippen LogP contribution in [-0.4, -0.2) is 8.42 Å². The quantitative estimate of drug-likeness (QED) is 0.707. The Labute approximate surface area is 88.4 Å². The lowest BCUT2D eigenvalue weighted by Gasteiger charge is -2.08. The second kappa shape index (κ2) is 3.88. The van der Waals surface area contributed by atoms with E-state index in [4.69, 9.17) is 16.1 Å². The fourth-order valence-electron chi connectivity index (χ4n) is 1.28. The molecule has 0 aromatic heterocycles. The number of rotatable bonds is 2. The van der Waals surface area contributed by atoms with Crippen LogP contribution in [0.15, 0.2) is 17.0 Å². The minimum atomic E-state index is -3.87. The summed E-state index contributed by atoms with van der Waals surface area (Å²) in [6, 6.07) is 4.61. The number of hydrogen-bond acceptors (Lipinski definition) is 4. The summed E-state index contributed by atoms with van der Waals surface area (Å²) in [4.78, 5) is -0.182. The van der Waals surface area contributed by atoms with Crippen LogP contribution in [0.5, 0.6) is 0 Å². The van der Waals surface area contributed by atoms with Crippen molar-refractivity contribution in [3.05, 3.63) is 23.3 Å². The van der Waals surface area contributed by atoms with Crippen LogP contribution in [0.25, 0.3) is 0 Å². The minimum Gasteiger partial charge on any atom is -0.397 e. The van der Waals surface area contributed by atoms with Crippen molar-refractivity contribution >= 4 is 15.7 Å². The van der Waals surface area contributed by atoms with E-state index in [1.165, 1.54) is 6.07 Å². The van der Waals surface area contributed by atoms with E-state index in [0.717, 1.165) is 0 Å². The van der Waals surface area contributed by atoms with Gasteiger partial charge in [-0.2, -0.15) is 5.26 Å². The second-order valence-electron chi connectivity index (χ2n) is 3.06. The minimum absolute atomic E-state index is 0.124. The van der Waals surface area contributed by atoms with Gasteiger partial charge in [0.1, 0.15) is 4.90 Å². The smallest absolute Gasteiger partial charge is 0.240 e.